The third-order valence-corrected chi connectivity index (χ3v) is 8.42. The maximum Gasteiger partial charge on any atom is 0.231 e. The normalized spacial score (nSPS) is 21.8. The summed E-state index contributed by atoms with van der Waals surface area (Å²) in [5.41, 5.74) is 2.72. The standard InChI is InChI=1S/C25H27NO8S/c1-14-23-16(11-26(13-33-23)17-5-6-35(28,29)12-17)10-18-22(27)19(34-24(14)18)7-15-8-20(30-2)25(32-4)21(9-15)31-3/h7-10,17H,5-6,11-13H2,1-4H3/b19-7-. The van der Waals surface area contributed by atoms with Crippen molar-refractivity contribution >= 4 is 21.7 Å². The minimum Gasteiger partial charge on any atom is -0.493 e. The number of carbonyl (C=O) groups excluding carboxylic acids is 1. The largest absolute Gasteiger partial charge is 0.493 e. The van der Waals surface area contributed by atoms with Gasteiger partial charge in [-0.15, -0.1) is 0 Å². The number of sulfone groups is 1. The van der Waals surface area contributed by atoms with Gasteiger partial charge in [0.2, 0.25) is 11.5 Å². The van der Waals surface area contributed by atoms with Crippen molar-refractivity contribution in [1.29, 1.82) is 0 Å². The predicted molar refractivity (Wildman–Crippen MR) is 128 cm³/mol. The second kappa shape index (κ2) is 8.76. The summed E-state index contributed by atoms with van der Waals surface area (Å²) in [5, 5.41) is 0. The number of ether oxygens (including phenoxy) is 5. The summed E-state index contributed by atoms with van der Waals surface area (Å²) in [4.78, 5) is 15.3. The Bertz CT molecular complexity index is 1320. The highest BCUT2D eigenvalue weighted by molar-refractivity contribution is 7.91. The molecule has 0 amide bonds. The topological polar surface area (TPSA) is 101 Å². The molecular weight excluding hydrogens is 474 g/mol. The fourth-order valence-corrected chi connectivity index (χ4v) is 6.66. The SMILES string of the molecule is COc1cc(/C=C2\Oc3c(cc4c(c3C)OCN(C3CCS(=O)(=O)C3)C4)C2=O)cc(OC)c1OC. The zero-order valence-corrected chi connectivity index (χ0v) is 20.9. The van der Waals surface area contributed by atoms with Crippen molar-refractivity contribution in [3.63, 3.8) is 0 Å². The van der Waals surface area contributed by atoms with Crippen LogP contribution in [0.1, 0.15) is 33.5 Å². The lowest BCUT2D eigenvalue weighted by Crippen LogP contribution is -2.41. The van der Waals surface area contributed by atoms with Crippen LogP contribution in [0.3, 0.4) is 0 Å². The summed E-state index contributed by atoms with van der Waals surface area (Å²) in [7, 11) is 1.58. The molecule has 1 unspecified atom stereocenters. The molecule has 9 nitrogen and oxygen atoms in total. The molecule has 10 heteroatoms. The van der Waals surface area contributed by atoms with E-state index in [2.05, 4.69) is 0 Å². The van der Waals surface area contributed by atoms with Gasteiger partial charge in [0, 0.05) is 23.7 Å². The summed E-state index contributed by atoms with van der Waals surface area (Å²) >= 11 is 0. The van der Waals surface area contributed by atoms with Gasteiger partial charge in [-0.05, 0) is 43.2 Å². The molecule has 186 valence electrons. The number of ketones is 1. The van der Waals surface area contributed by atoms with E-state index in [1.165, 1.54) is 21.3 Å². The van der Waals surface area contributed by atoms with Crippen molar-refractivity contribution in [3.8, 4) is 28.7 Å². The number of nitrogens with zero attached hydrogens (tertiary/aromatic N) is 1. The van der Waals surface area contributed by atoms with Gasteiger partial charge in [0.1, 0.15) is 18.2 Å². The Balaban J connectivity index is 1.46. The molecule has 3 aliphatic rings. The Morgan fingerprint density at radius 1 is 1.06 bits per heavy atom. The lowest BCUT2D eigenvalue weighted by molar-refractivity contribution is 0.0637. The third-order valence-electron chi connectivity index (χ3n) is 6.67. The van der Waals surface area contributed by atoms with Crippen LogP contribution in [0.25, 0.3) is 6.08 Å². The zero-order chi connectivity index (χ0) is 24.9. The molecule has 1 saturated heterocycles. The second-order valence-corrected chi connectivity index (χ2v) is 11.1. The van der Waals surface area contributed by atoms with E-state index in [0.717, 1.165) is 11.1 Å². The summed E-state index contributed by atoms with van der Waals surface area (Å²) < 4.78 is 52.0. The van der Waals surface area contributed by atoms with Crippen molar-refractivity contribution in [1.82, 2.24) is 4.90 Å². The highest BCUT2D eigenvalue weighted by Gasteiger charge is 2.37. The van der Waals surface area contributed by atoms with Crippen LogP contribution >= 0.6 is 0 Å². The van der Waals surface area contributed by atoms with Crippen LogP contribution in [0, 0.1) is 6.92 Å². The number of rotatable bonds is 5. The molecule has 0 radical (unpaired) electrons. The molecule has 0 saturated carbocycles. The molecule has 5 rings (SSSR count). The van der Waals surface area contributed by atoms with Crippen molar-refractivity contribution in [2.24, 2.45) is 0 Å². The van der Waals surface area contributed by atoms with Crippen LogP contribution in [0.2, 0.25) is 0 Å². The van der Waals surface area contributed by atoms with Crippen molar-refractivity contribution < 1.29 is 36.9 Å². The van der Waals surface area contributed by atoms with E-state index >= 15 is 0 Å². The Kier molecular flexibility index (Phi) is 5.88. The van der Waals surface area contributed by atoms with Crippen LogP contribution < -0.4 is 23.7 Å². The molecule has 1 atom stereocenters. The predicted octanol–water partition coefficient (Wildman–Crippen LogP) is 2.98. The summed E-state index contributed by atoms with van der Waals surface area (Å²) in [5.74, 6) is 2.84. The summed E-state index contributed by atoms with van der Waals surface area (Å²) in [6, 6.07) is 5.19. The highest BCUT2D eigenvalue weighted by Crippen LogP contribution is 2.44. The second-order valence-electron chi connectivity index (χ2n) is 8.84. The van der Waals surface area contributed by atoms with E-state index in [1.807, 2.05) is 11.8 Å². The third kappa shape index (κ3) is 4.10. The monoisotopic (exact) mass is 501 g/mol. The molecule has 0 aliphatic carbocycles. The lowest BCUT2D eigenvalue weighted by Gasteiger charge is -2.33. The molecule has 0 spiro atoms. The Hall–Kier alpha value is -3.24. The number of methoxy groups -OCH3 is 3. The molecule has 3 aliphatic heterocycles. The van der Waals surface area contributed by atoms with Crippen molar-refractivity contribution in [2.45, 2.75) is 25.9 Å². The van der Waals surface area contributed by atoms with E-state index < -0.39 is 9.84 Å². The van der Waals surface area contributed by atoms with Crippen molar-refractivity contribution in [2.75, 3.05) is 39.6 Å². The average molecular weight is 502 g/mol. The number of benzene rings is 2. The zero-order valence-electron chi connectivity index (χ0n) is 20.0. The maximum atomic E-state index is 13.3. The molecule has 0 bridgehead atoms. The van der Waals surface area contributed by atoms with Crippen LogP contribution in [0.5, 0.6) is 28.7 Å². The van der Waals surface area contributed by atoms with Gasteiger partial charge in [-0.25, -0.2) is 8.42 Å². The highest BCUT2D eigenvalue weighted by atomic mass is 32.2. The van der Waals surface area contributed by atoms with E-state index in [0.29, 0.717) is 59.6 Å². The summed E-state index contributed by atoms with van der Waals surface area (Å²) in [6.07, 6.45) is 2.23. The number of fused-ring (bicyclic) bond motifs is 2. The first kappa shape index (κ1) is 23.5. The Morgan fingerprint density at radius 3 is 2.37 bits per heavy atom. The van der Waals surface area contributed by atoms with Gasteiger partial charge in [0.25, 0.3) is 0 Å². The Labute approximate surface area is 204 Å². The fraction of sp³-hybridized carbons (Fsp3) is 0.400. The minimum absolute atomic E-state index is 0.0795. The van der Waals surface area contributed by atoms with Gasteiger partial charge in [-0.2, -0.15) is 0 Å². The van der Waals surface area contributed by atoms with Crippen LogP contribution in [-0.4, -0.2) is 64.7 Å². The first-order valence-electron chi connectivity index (χ1n) is 11.2. The van der Waals surface area contributed by atoms with Crippen LogP contribution in [0.15, 0.2) is 24.0 Å². The molecule has 35 heavy (non-hydrogen) atoms. The maximum absolute atomic E-state index is 13.3. The Morgan fingerprint density at radius 2 is 1.77 bits per heavy atom. The van der Waals surface area contributed by atoms with Gasteiger partial charge >= 0.3 is 0 Å². The molecule has 1 fully saturated rings. The molecular formula is C25H27NO8S. The van der Waals surface area contributed by atoms with E-state index in [1.54, 1.807) is 24.3 Å². The van der Waals surface area contributed by atoms with Crippen LogP contribution in [0.4, 0.5) is 0 Å². The number of hydrogen-bond donors (Lipinski definition) is 0. The van der Waals surface area contributed by atoms with Gasteiger partial charge in [-0.1, -0.05) is 0 Å². The number of allylic oxidation sites excluding steroid dienone is 1. The first-order valence-corrected chi connectivity index (χ1v) is 13.0. The van der Waals surface area contributed by atoms with E-state index in [9.17, 15) is 13.2 Å². The molecule has 3 heterocycles. The molecule has 2 aromatic rings. The van der Waals surface area contributed by atoms with E-state index in [-0.39, 0.29) is 29.1 Å². The molecule has 0 N–H and O–H groups in total. The lowest BCUT2D eigenvalue weighted by atomic mass is 9.99. The minimum atomic E-state index is -3.00. The van der Waals surface area contributed by atoms with Gasteiger partial charge in [0.05, 0.1) is 38.4 Å². The number of hydrogen-bond acceptors (Lipinski definition) is 9. The van der Waals surface area contributed by atoms with Crippen LogP contribution in [-0.2, 0) is 16.4 Å². The quantitative estimate of drug-likeness (QED) is 0.573. The summed E-state index contributed by atoms with van der Waals surface area (Å²) in [6.45, 7) is 2.68. The number of carbonyl (C=O) groups is 1. The van der Waals surface area contributed by atoms with E-state index in [4.69, 9.17) is 23.7 Å². The molecule has 0 aromatic heterocycles. The van der Waals surface area contributed by atoms with Gasteiger partial charge in [0.15, 0.2) is 27.1 Å². The average Bonchev–Trinajstić information content (AvgIpc) is 3.37. The first-order chi connectivity index (χ1) is 16.7. The number of Topliss-reactive ketones (excluding diaryl/α,β-unsaturated/α-hetero) is 1. The fourth-order valence-electron chi connectivity index (χ4n) is 4.90. The smallest absolute Gasteiger partial charge is 0.231 e. The molecule has 2 aromatic carbocycles. The van der Waals surface area contributed by atoms with Gasteiger partial charge in [-0.3, -0.25) is 9.69 Å². The van der Waals surface area contributed by atoms with Gasteiger partial charge < -0.3 is 23.7 Å². The van der Waals surface area contributed by atoms with Crippen molar-refractivity contribution in [3.05, 3.63) is 46.2 Å².